The van der Waals surface area contributed by atoms with E-state index in [2.05, 4.69) is 0 Å². The minimum Gasteiger partial charge on any atom is -0.488 e. The van der Waals surface area contributed by atoms with Crippen LogP contribution < -0.4 is 4.74 Å². The lowest BCUT2D eigenvalue weighted by Crippen LogP contribution is -2.01. The van der Waals surface area contributed by atoms with Crippen LogP contribution in [0.3, 0.4) is 0 Å². The lowest BCUT2D eigenvalue weighted by Gasteiger charge is -2.17. The first-order chi connectivity index (χ1) is 12.1. The largest absolute Gasteiger partial charge is 0.488 e. The van der Waals surface area contributed by atoms with E-state index in [1.54, 1.807) is 32.0 Å². The van der Waals surface area contributed by atoms with Gasteiger partial charge in [0.15, 0.2) is 6.29 Å². The van der Waals surface area contributed by atoms with Gasteiger partial charge in [-0.15, -0.1) is 0 Å². The van der Waals surface area contributed by atoms with E-state index < -0.39 is 7.60 Å². The number of carbonyl (C=O) groups excluding carboxylic acids is 1. The summed E-state index contributed by atoms with van der Waals surface area (Å²) in [4.78, 5) is 11.0. The van der Waals surface area contributed by atoms with Crippen molar-refractivity contribution >= 4 is 13.9 Å². The van der Waals surface area contributed by atoms with Gasteiger partial charge in [-0.1, -0.05) is 36.4 Å². The van der Waals surface area contributed by atoms with Crippen molar-refractivity contribution in [2.45, 2.75) is 26.6 Å². The van der Waals surface area contributed by atoms with Crippen molar-refractivity contribution in [2.24, 2.45) is 0 Å². The molecule has 134 valence electrons. The highest BCUT2D eigenvalue weighted by atomic mass is 31.2. The topological polar surface area (TPSA) is 61.8 Å². The Morgan fingerprint density at radius 2 is 1.64 bits per heavy atom. The molecule has 0 aromatic heterocycles. The van der Waals surface area contributed by atoms with Crippen LogP contribution in [-0.2, 0) is 26.4 Å². The first kappa shape index (κ1) is 19.4. The zero-order valence-electron chi connectivity index (χ0n) is 14.5. The molecule has 2 rings (SSSR count). The van der Waals surface area contributed by atoms with Gasteiger partial charge >= 0.3 is 7.60 Å². The second kappa shape index (κ2) is 9.52. The number of hydrogen-bond donors (Lipinski definition) is 0. The zero-order chi connectivity index (χ0) is 18.1. The van der Waals surface area contributed by atoms with Crippen molar-refractivity contribution in [3.63, 3.8) is 0 Å². The van der Waals surface area contributed by atoms with E-state index in [0.717, 1.165) is 17.4 Å². The fraction of sp³-hybridized carbons (Fsp3) is 0.316. The summed E-state index contributed by atoms with van der Waals surface area (Å²) in [6.07, 6.45) is 0.986. The highest BCUT2D eigenvalue weighted by molar-refractivity contribution is 7.53. The third-order valence-electron chi connectivity index (χ3n) is 3.46. The quantitative estimate of drug-likeness (QED) is 0.447. The predicted octanol–water partition coefficient (Wildman–Crippen LogP) is 4.84. The molecule has 25 heavy (non-hydrogen) atoms. The number of benzene rings is 2. The Kier molecular flexibility index (Phi) is 7.38. The molecule has 0 aliphatic carbocycles. The summed E-state index contributed by atoms with van der Waals surface area (Å²) < 4.78 is 29.0. The van der Waals surface area contributed by atoms with Crippen molar-refractivity contribution in [1.82, 2.24) is 0 Å². The number of ether oxygens (including phenoxy) is 1. The van der Waals surface area contributed by atoms with Gasteiger partial charge in [-0.3, -0.25) is 9.36 Å². The second-order valence-electron chi connectivity index (χ2n) is 5.37. The van der Waals surface area contributed by atoms with Crippen molar-refractivity contribution in [2.75, 3.05) is 13.2 Å². The summed E-state index contributed by atoms with van der Waals surface area (Å²) in [5, 5.41) is 0. The number of hydrogen-bond acceptors (Lipinski definition) is 5. The predicted molar refractivity (Wildman–Crippen MR) is 97.2 cm³/mol. The van der Waals surface area contributed by atoms with Crippen LogP contribution in [0.15, 0.2) is 48.5 Å². The maximum atomic E-state index is 12.6. The Hall–Kier alpha value is -1.94. The van der Waals surface area contributed by atoms with E-state index in [1.807, 2.05) is 30.3 Å². The van der Waals surface area contributed by atoms with Crippen LogP contribution in [-0.4, -0.2) is 19.5 Å². The highest BCUT2D eigenvalue weighted by Crippen LogP contribution is 2.51. The molecular weight excluding hydrogens is 339 g/mol. The van der Waals surface area contributed by atoms with E-state index in [-0.39, 0.29) is 6.16 Å². The molecule has 6 heteroatoms. The lowest BCUT2D eigenvalue weighted by atomic mass is 10.1. The summed E-state index contributed by atoms with van der Waals surface area (Å²) in [5.41, 5.74) is 2.28. The highest BCUT2D eigenvalue weighted by Gasteiger charge is 2.24. The second-order valence-corrected chi connectivity index (χ2v) is 7.42. The van der Waals surface area contributed by atoms with Crippen molar-refractivity contribution in [3.05, 3.63) is 65.2 Å². The summed E-state index contributed by atoms with van der Waals surface area (Å²) in [6, 6.07) is 14.7. The molecule has 2 aromatic carbocycles. The van der Waals surface area contributed by atoms with Crippen molar-refractivity contribution in [3.8, 4) is 5.75 Å². The van der Waals surface area contributed by atoms with Gasteiger partial charge in [0.25, 0.3) is 0 Å². The molecule has 0 bridgehead atoms. The minimum atomic E-state index is -3.14. The third kappa shape index (κ3) is 5.82. The SMILES string of the molecule is CCOP(=O)(Cc1cccc(COc2ccccc2C=O)c1)OCC. The van der Waals surface area contributed by atoms with Gasteiger partial charge in [-0.05, 0) is 37.1 Å². The van der Waals surface area contributed by atoms with Gasteiger partial charge in [0, 0.05) is 0 Å². The van der Waals surface area contributed by atoms with Crippen LogP contribution in [0, 0.1) is 0 Å². The van der Waals surface area contributed by atoms with Crippen LogP contribution in [0.1, 0.15) is 35.3 Å². The number of aldehydes is 1. The van der Waals surface area contributed by atoms with E-state index in [9.17, 15) is 9.36 Å². The average molecular weight is 362 g/mol. The number of para-hydroxylation sites is 1. The summed E-state index contributed by atoms with van der Waals surface area (Å²) in [6.45, 7) is 4.57. The van der Waals surface area contributed by atoms with Gasteiger partial charge in [0.05, 0.1) is 24.9 Å². The lowest BCUT2D eigenvalue weighted by molar-refractivity contribution is 0.111. The summed E-state index contributed by atoms with van der Waals surface area (Å²) in [5.74, 6) is 0.539. The molecule has 2 aromatic rings. The molecule has 0 atom stereocenters. The summed E-state index contributed by atoms with van der Waals surface area (Å²) >= 11 is 0. The molecule has 0 radical (unpaired) electrons. The molecule has 5 nitrogen and oxygen atoms in total. The third-order valence-corrected chi connectivity index (χ3v) is 5.52. The van der Waals surface area contributed by atoms with Gasteiger partial charge < -0.3 is 13.8 Å². The molecule has 0 N–H and O–H groups in total. The molecule has 0 saturated heterocycles. The van der Waals surface area contributed by atoms with Gasteiger partial charge in [-0.25, -0.2) is 0 Å². The van der Waals surface area contributed by atoms with E-state index in [0.29, 0.717) is 31.1 Å². The smallest absolute Gasteiger partial charge is 0.335 e. The summed E-state index contributed by atoms with van der Waals surface area (Å²) in [7, 11) is -3.14. The van der Waals surface area contributed by atoms with Gasteiger partial charge in [-0.2, -0.15) is 0 Å². The van der Waals surface area contributed by atoms with Gasteiger partial charge in [0.2, 0.25) is 0 Å². The first-order valence-electron chi connectivity index (χ1n) is 8.23. The van der Waals surface area contributed by atoms with E-state index in [1.165, 1.54) is 0 Å². The van der Waals surface area contributed by atoms with Gasteiger partial charge in [0.1, 0.15) is 12.4 Å². The zero-order valence-corrected chi connectivity index (χ0v) is 15.4. The fourth-order valence-electron chi connectivity index (χ4n) is 2.43. The molecule has 0 spiro atoms. The molecule has 0 heterocycles. The average Bonchev–Trinajstić information content (AvgIpc) is 2.60. The fourth-order valence-corrected chi connectivity index (χ4v) is 4.12. The maximum Gasteiger partial charge on any atom is 0.335 e. The van der Waals surface area contributed by atoms with Crippen LogP contribution in [0.4, 0.5) is 0 Å². The molecule has 0 aliphatic heterocycles. The van der Waals surface area contributed by atoms with Crippen molar-refractivity contribution < 1.29 is 23.1 Å². The minimum absolute atomic E-state index is 0.216. The Bertz CT molecular complexity index is 734. The van der Waals surface area contributed by atoms with Crippen LogP contribution >= 0.6 is 7.60 Å². The monoisotopic (exact) mass is 362 g/mol. The number of rotatable bonds is 10. The Morgan fingerprint density at radius 1 is 0.960 bits per heavy atom. The number of carbonyl (C=O) groups is 1. The molecule has 0 amide bonds. The molecule has 0 unspecified atom stereocenters. The first-order valence-corrected chi connectivity index (χ1v) is 9.96. The van der Waals surface area contributed by atoms with E-state index >= 15 is 0 Å². The Morgan fingerprint density at radius 3 is 2.32 bits per heavy atom. The maximum absolute atomic E-state index is 12.6. The molecule has 0 aliphatic rings. The molecular formula is C19H23O5P. The van der Waals surface area contributed by atoms with Crippen molar-refractivity contribution in [1.29, 1.82) is 0 Å². The molecule has 0 fully saturated rings. The van der Waals surface area contributed by atoms with Crippen LogP contribution in [0.5, 0.6) is 5.75 Å². The van der Waals surface area contributed by atoms with Crippen LogP contribution in [0.2, 0.25) is 0 Å². The normalized spacial score (nSPS) is 11.3. The Labute approximate surface area is 148 Å². The van der Waals surface area contributed by atoms with Crippen LogP contribution in [0.25, 0.3) is 0 Å². The standard InChI is InChI=1S/C19H23O5P/c1-3-23-25(21,24-4-2)15-17-9-7-8-16(12-17)14-22-19-11-6-5-10-18(19)13-20/h5-13H,3-4,14-15H2,1-2H3. The Balaban J connectivity index is 2.08. The van der Waals surface area contributed by atoms with E-state index in [4.69, 9.17) is 13.8 Å². The molecule has 0 saturated carbocycles.